The maximum atomic E-state index is 11.9. The van der Waals surface area contributed by atoms with Crippen LogP contribution in [0.4, 0.5) is 5.69 Å². The summed E-state index contributed by atoms with van der Waals surface area (Å²) in [4.78, 5) is 20.4. The molecule has 0 atom stereocenters. The topological polar surface area (TPSA) is 54.9 Å². The molecule has 1 N–H and O–H groups in total. The van der Waals surface area contributed by atoms with Crippen molar-refractivity contribution < 1.29 is 4.79 Å². The number of hydrogen-bond acceptors (Lipinski definition) is 3. The van der Waals surface area contributed by atoms with Crippen LogP contribution < -0.4 is 5.32 Å². The molecular weight excluding hydrogens is 250 g/mol. The Balaban J connectivity index is 2.14. The first-order valence-electron chi connectivity index (χ1n) is 6.57. The Morgan fingerprint density at radius 1 is 1.05 bits per heavy atom. The van der Waals surface area contributed by atoms with E-state index in [2.05, 4.69) is 15.3 Å². The largest absolute Gasteiger partial charge is 0.323 e. The van der Waals surface area contributed by atoms with Gasteiger partial charge in [0.15, 0.2) is 5.82 Å². The lowest BCUT2D eigenvalue weighted by Crippen LogP contribution is -2.27. The zero-order valence-electron chi connectivity index (χ0n) is 12.3. The number of aryl methyl sites for hydroxylation is 1. The van der Waals surface area contributed by atoms with E-state index in [1.165, 1.54) is 5.56 Å². The van der Waals surface area contributed by atoms with Gasteiger partial charge in [-0.1, -0.05) is 50.6 Å². The van der Waals surface area contributed by atoms with Crippen LogP contribution in [0.1, 0.15) is 26.3 Å². The van der Waals surface area contributed by atoms with Gasteiger partial charge in [-0.2, -0.15) is 0 Å². The minimum atomic E-state index is -0.435. The Morgan fingerprint density at radius 3 is 2.10 bits per heavy atom. The molecule has 0 unspecified atom stereocenters. The van der Waals surface area contributed by atoms with Crippen LogP contribution in [0.15, 0.2) is 36.7 Å². The maximum absolute atomic E-state index is 11.9. The molecule has 0 aliphatic rings. The molecule has 20 heavy (non-hydrogen) atoms. The van der Waals surface area contributed by atoms with Crippen molar-refractivity contribution in [1.82, 2.24) is 9.97 Å². The number of hydrogen-bond donors (Lipinski definition) is 1. The van der Waals surface area contributed by atoms with Gasteiger partial charge in [-0.3, -0.25) is 4.79 Å². The summed E-state index contributed by atoms with van der Waals surface area (Å²) >= 11 is 0. The average Bonchev–Trinajstić information content (AvgIpc) is 2.39. The van der Waals surface area contributed by atoms with Gasteiger partial charge in [-0.05, 0) is 6.92 Å². The second-order valence-electron chi connectivity index (χ2n) is 5.87. The second-order valence-corrected chi connectivity index (χ2v) is 5.87. The summed E-state index contributed by atoms with van der Waals surface area (Å²) in [5.41, 5.74) is 2.34. The summed E-state index contributed by atoms with van der Waals surface area (Å²) in [6, 6.07) is 8.01. The Hall–Kier alpha value is -2.23. The molecule has 0 aliphatic carbocycles. The van der Waals surface area contributed by atoms with Crippen molar-refractivity contribution >= 4 is 11.6 Å². The molecule has 1 heterocycles. The average molecular weight is 269 g/mol. The Labute approximate surface area is 119 Å². The summed E-state index contributed by atoms with van der Waals surface area (Å²) in [6.07, 6.45) is 3.26. The summed E-state index contributed by atoms with van der Waals surface area (Å²) in [5, 5.41) is 2.81. The molecule has 0 aliphatic heterocycles. The van der Waals surface area contributed by atoms with Crippen molar-refractivity contribution in [3.05, 3.63) is 42.2 Å². The summed E-state index contributed by atoms with van der Waals surface area (Å²) in [7, 11) is 0. The molecule has 4 heteroatoms. The molecule has 0 fully saturated rings. The lowest BCUT2D eigenvalue weighted by molar-refractivity contribution is -0.123. The molecule has 0 saturated heterocycles. The number of benzene rings is 1. The highest BCUT2D eigenvalue weighted by Crippen LogP contribution is 2.19. The highest BCUT2D eigenvalue weighted by Gasteiger charge is 2.21. The molecule has 2 aromatic rings. The maximum Gasteiger partial charge on any atom is 0.229 e. The van der Waals surface area contributed by atoms with Crippen molar-refractivity contribution in [1.29, 1.82) is 0 Å². The van der Waals surface area contributed by atoms with Gasteiger partial charge >= 0.3 is 0 Å². The number of nitrogens with one attached hydrogen (secondary N) is 1. The SMILES string of the molecule is Cc1ccc(-c2ncc(NC(=O)C(C)(C)C)cn2)cc1. The monoisotopic (exact) mass is 269 g/mol. The number of carbonyl (C=O) groups is 1. The number of anilines is 1. The van der Waals surface area contributed by atoms with Crippen molar-refractivity contribution in [3.63, 3.8) is 0 Å². The van der Waals surface area contributed by atoms with Crippen LogP contribution in [-0.4, -0.2) is 15.9 Å². The normalized spacial score (nSPS) is 11.2. The van der Waals surface area contributed by atoms with E-state index in [9.17, 15) is 4.79 Å². The molecule has 0 spiro atoms. The number of carbonyl (C=O) groups excluding carboxylic acids is 1. The number of amides is 1. The van der Waals surface area contributed by atoms with Crippen LogP contribution in [0.5, 0.6) is 0 Å². The van der Waals surface area contributed by atoms with Crippen LogP contribution >= 0.6 is 0 Å². The standard InChI is InChI=1S/C16H19N3O/c1-11-5-7-12(8-6-11)14-17-9-13(10-18-14)19-15(20)16(2,3)4/h5-10H,1-4H3,(H,19,20). The molecule has 4 nitrogen and oxygen atoms in total. The van der Waals surface area contributed by atoms with E-state index in [1.54, 1.807) is 12.4 Å². The zero-order valence-corrected chi connectivity index (χ0v) is 12.3. The fourth-order valence-electron chi connectivity index (χ4n) is 1.56. The molecular formula is C16H19N3O. The van der Waals surface area contributed by atoms with Crippen LogP contribution in [0.2, 0.25) is 0 Å². The lowest BCUT2D eigenvalue weighted by atomic mass is 9.96. The van der Waals surface area contributed by atoms with Crippen molar-refractivity contribution in [3.8, 4) is 11.4 Å². The van der Waals surface area contributed by atoms with Gasteiger partial charge in [0.1, 0.15) is 0 Å². The van der Waals surface area contributed by atoms with Crippen molar-refractivity contribution in [2.45, 2.75) is 27.7 Å². The van der Waals surface area contributed by atoms with E-state index in [4.69, 9.17) is 0 Å². The van der Waals surface area contributed by atoms with Crippen LogP contribution in [0.25, 0.3) is 11.4 Å². The van der Waals surface area contributed by atoms with Gasteiger partial charge in [0.2, 0.25) is 5.91 Å². The van der Waals surface area contributed by atoms with Crippen LogP contribution in [-0.2, 0) is 4.79 Å². The summed E-state index contributed by atoms with van der Waals surface area (Å²) in [5.74, 6) is 0.600. The second kappa shape index (κ2) is 5.41. The third-order valence-electron chi connectivity index (χ3n) is 2.90. The molecule has 2 rings (SSSR count). The first kappa shape index (κ1) is 14.2. The molecule has 0 radical (unpaired) electrons. The molecule has 1 amide bonds. The predicted octanol–water partition coefficient (Wildman–Crippen LogP) is 3.44. The minimum absolute atomic E-state index is 0.0517. The van der Waals surface area contributed by atoms with E-state index in [0.717, 1.165) is 5.56 Å². The quantitative estimate of drug-likeness (QED) is 0.908. The number of aromatic nitrogens is 2. The molecule has 1 aromatic heterocycles. The molecule has 0 saturated carbocycles. The smallest absolute Gasteiger partial charge is 0.229 e. The highest BCUT2D eigenvalue weighted by atomic mass is 16.2. The van der Waals surface area contributed by atoms with Gasteiger partial charge in [0, 0.05) is 11.0 Å². The fourth-order valence-corrected chi connectivity index (χ4v) is 1.56. The molecule has 0 bridgehead atoms. The number of rotatable bonds is 2. The Morgan fingerprint density at radius 2 is 1.60 bits per heavy atom. The van der Waals surface area contributed by atoms with Gasteiger partial charge in [-0.15, -0.1) is 0 Å². The van der Waals surface area contributed by atoms with Crippen LogP contribution in [0, 0.1) is 12.3 Å². The first-order chi connectivity index (χ1) is 9.36. The Bertz CT molecular complexity index is 595. The first-order valence-corrected chi connectivity index (χ1v) is 6.57. The highest BCUT2D eigenvalue weighted by molar-refractivity contribution is 5.94. The third-order valence-corrected chi connectivity index (χ3v) is 2.90. The van der Waals surface area contributed by atoms with Crippen LogP contribution in [0.3, 0.4) is 0 Å². The van der Waals surface area contributed by atoms with Crippen molar-refractivity contribution in [2.24, 2.45) is 5.41 Å². The van der Waals surface area contributed by atoms with Gasteiger partial charge in [0.05, 0.1) is 18.1 Å². The predicted molar refractivity (Wildman–Crippen MR) is 80.3 cm³/mol. The lowest BCUT2D eigenvalue weighted by Gasteiger charge is -2.17. The van der Waals surface area contributed by atoms with Gasteiger partial charge < -0.3 is 5.32 Å². The molecule has 1 aromatic carbocycles. The number of nitrogens with zero attached hydrogens (tertiary/aromatic N) is 2. The van der Waals surface area contributed by atoms with E-state index >= 15 is 0 Å². The van der Waals surface area contributed by atoms with Gasteiger partial charge in [0.25, 0.3) is 0 Å². The Kier molecular flexibility index (Phi) is 3.84. The minimum Gasteiger partial charge on any atom is -0.323 e. The fraction of sp³-hybridized carbons (Fsp3) is 0.312. The van der Waals surface area contributed by atoms with E-state index < -0.39 is 5.41 Å². The third kappa shape index (κ3) is 3.41. The summed E-state index contributed by atoms with van der Waals surface area (Å²) in [6.45, 7) is 7.63. The van der Waals surface area contributed by atoms with Crippen molar-refractivity contribution in [2.75, 3.05) is 5.32 Å². The van der Waals surface area contributed by atoms with Gasteiger partial charge in [-0.25, -0.2) is 9.97 Å². The summed E-state index contributed by atoms with van der Waals surface area (Å²) < 4.78 is 0. The van der Waals surface area contributed by atoms with E-state index in [0.29, 0.717) is 11.5 Å². The van der Waals surface area contributed by atoms with E-state index in [-0.39, 0.29) is 5.91 Å². The van der Waals surface area contributed by atoms with E-state index in [1.807, 2.05) is 52.0 Å². The zero-order chi connectivity index (χ0) is 14.8. The molecule has 104 valence electrons.